The zero-order valence-electron chi connectivity index (χ0n) is 11.5. The molecule has 112 valence electrons. The first-order chi connectivity index (χ1) is 10.0. The fourth-order valence-electron chi connectivity index (χ4n) is 2.18. The molecular weight excluding hydrogens is 348 g/mol. The molecule has 5 heteroatoms. The van der Waals surface area contributed by atoms with Crippen molar-refractivity contribution in [2.24, 2.45) is 0 Å². The standard InChI is InChI=1S/C16H15Cl4N/c1-2-8-21-16(11-7-6-10(17)9-14(11)20)15-12(18)4-3-5-13(15)19/h3-7,9,16,21H,2,8H2,1H3. The Morgan fingerprint density at radius 2 is 1.62 bits per heavy atom. The number of nitrogens with one attached hydrogen (secondary N) is 1. The van der Waals surface area contributed by atoms with E-state index in [1.165, 1.54) is 0 Å². The molecule has 0 aliphatic heterocycles. The fraction of sp³-hybridized carbons (Fsp3) is 0.250. The van der Waals surface area contributed by atoms with Gasteiger partial charge < -0.3 is 5.32 Å². The third-order valence-corrected chi connectivity index (χ3v) is 4.38. The van der Waals surface area contributed by atoms with Crippen LogP contribution in [0.2, 0.25) is 20.1 Å². The topological polar surface area (TPSA) is 12.0 Å². The average molecular weight is 363 g/mol. The summed E-state index contributed by atoms with van der Waals surface area (Å²) in [5, 5.41) is 5.86. The van der Waals surface area contributed by atoms with Crippen LogP contribution in [0.25, 0.3) is 0 Å². The molecule has 0 aliphatic carbocycles. The Morgan fingerprint density at radius 3 is 2.19 bits per heavy atom. The van der Waals surface area contributed by atoms with Crippen LogP contribution >= 0.6 is 46.4 Å². The molecule has 0 aromatic heterocycles. The van der Waals surface area contributed by atoms with E-state index in [9.17, 15) is 0 Å². The Bertz CT molecular complexity index is 607. The predicted molar refractivity (Wildman–Crippen MR) is 93.1 cm³/mol. The molecule has 2 aromatic carbocycles. The van der Waals surface area contributed by atoms with Crippen molar-refractivity contribution in [3.05, 3.63) is 67.6 Å². The van der Waals surface area contributed by atoms with Crippen molar-refractivity contribution in [1.82, 2.24) is 5.32 Å². The third-order valence-electron chi connectivity index (χ3n) is 3.16. The van der Waals surface area contributed by atoms with Gasteiger partial charge in [0, 0.05) is 25.7 Å². The van der Waals surface area contributed by atoms with Crippen molar-refractivity contribution in [3.63, 3.8) is 0 Å². The lowest BCUT2D eigenvalue weighted by Gasteiger charge is -2.23. The summed E-state index contributed by atoms with van der Waals surface area (Å²) in [6.07, 6.45) is 0.990. The minimum atomic E-state index is -0.170. The van der Waals surface area contributed by atoms with Gasteiger partial charge in [0.1, 0.15) is 0 Å². The van der Waals surface area contributed by atoms with Crippen molar-refractivity contribution in [3.8, 4) is 0 Å². The molecule has 0 fully saturated rings. The minimum absolute atomic E-state index is 0.170. The lowest BCUT2D eigenvalue weighted by molar-refractivity contribution is 0.599. The van der Waals surface area contributed by atoms with Gasteiger partial charge in [-0.05, 0) is 42.8 Å². The van der Waals surface area contributed by atoms with Crippen LogP contribution in [0.1, 0.15) is 30.5 Å². The SMILES string of the molecule is CCCNC(c1ccc(Cl)cc1Cl)c1c(Cl)cccc1Cl. The summed E-state index contributed by atoms with van der Waals surface area (Å²) in [6, 6.07) is 10.8. The van der Waals surface area contributed by atoms with Crippen LogP contribution in [-0.4, -0.2) is 6.54 Å². The molecule has 0 heterocycles. The van der Waals surface area contributed by atoms with E-state index in [0.29, 0.717) is 20.1 Å². The maximum atomic E-state index is 6.35. The van der Waals surface area contributed by atoms with Crippen molar-refractivity contribution < 1.29 is 0 Å². The Labute approximate surface area is 145 Å². The normalized spacial score (nSPS) is 12.4. The minimum Gasteiger partial charge on any atom is -0.306 e. The highest BCUT2D eigenvalue weighted by Gasteiger charge is 2.21. The molecule has 0 spiro atoms. The highest BCUT2D eigenvalue weighted by Crippen LogP contribution is 2.37. The van der Waals surface area contributed by atoms with Crippen LogP contribution in [0.15, 0.2) is 36.4 Å². The van der Waals surface area contributed by atoms with Crippen LogP contribution in [0, 0.1) is 0 Å². The van der Waals surface area contributed by atoms with Gasteiger partial charge in [0.25, 0.3) is 0 Å². The van der Waals surface area contributed by atoms with Crippen molar-refractivity contribution in [2.75, 3.05) is 6.54 Å². The Hall–Kier alpha value is -0.440. The van der Waals surface area contributed by atoms with E-state index in [-0.39, 0.29) is 6.04 Å². The second-order valence-electron chi connectivity index (χ2n) is 4.69. The van der Waals surface area contributed by atoms with E-state index < -0.39 is 0 Å². The number of rotatable bonds is 5. The summed E-state index contributed by atoms with van der Waals surface area (Å²) in [7, 11) is 0. The molecule has 2 rings (SSSR count). The summed E-state index contributed by atoms with van der Waals surface area (Å²) >= 11 is 25.0. The van der Waals surface area contributed by atoms with Crippen LogP contribution in [-0.2, 0) is 0 Å². The lowest BCUT2D eigenvalue weighted by atomic mass is 9.98. The molecule has 2 aromatic rings. The molecule has 1 N–H and O–H groups in total. The highest BCUT2D eigenvalue weighted by atomic mass is 35.5. The maximum absolute atomic E-state index is 6.35. The quantitative estimate of drug-likeness (QED) is 0.649. The van der Waals surface area contributed by atoms with Gasteiger partial charge in [-0.2, -0.15) is 0 Å². The summed E-state index contributed by atoms with van der Waals surface area (Å²) in [6.45, 7) is 2.92. The average Bonchev–Trinajstić information content (AvgIpc) is 2.43. The maximum Gasteiger partial charge on any atom is 0.0621 e. The van der Waals surface area contributed by atoms with Crippen molar-refractivity contribution >= 4 is 46.4 Å². The Balaban J connectivity index is 2.52. The molecule has 1 atom stereocenters. The first kappa shape index (κ1) is 16.9. The molecule has 0 saturated carbocycles. The van der Waals surface area contributed by atoms with E-state index in [1.54, 1.807) is 6.07 Å². The van der Waals surface area contributed by atoms with E-state index in [0.717, 1.165) is 24.1 Å². The van der Waals surface area contributed by atoms with Gasteiger partial charge in [-0.25, -0.2) is 0 Å². The van der Waals surface area contributed by atoms with Crippen LogP contribution < -0.4 is 5.32 Å². The smallest absolute Gasteiger partial charge is 0.0621 e. The van der Waals surface area contributed by atoms with Gasteiger partial charge >= 0.3 is 0 Å². The molecule has 1 nitrogen and oxygen atoms in total. The molecular formula is C16H15Cl4N. The number of hydrogen-bond acceptors (Lipinski definition) is 1. The van der Waals surface area contributed by atoms with Gasteiger partial charge in [0.05, 0.1) is 6.04 Å². The van der Waals surface area contributed by atoms with Gasteiger partial charge in [-0.3, -0.25) is 0 Å². The predicted octanol–water partition coefficient (Wildman–Crippen LogP) is 6.39. The summed E-state index contributed by atoms with van der Waals surface area (Å²) < 4.78 is 0. The second kappa shape index (κ2) is 7.71. The molecule has 0 amide bonds. The summed E-state index contributed by atoms with van der Waals surface area (Å²) in [5.74, 6) is 0. The van der Waals surface area contributed by atoms with Crippen LogP contribution in [0.4, 0.5) is 0 Å². The van der Waals surface area contributed by atoms with Gasteiger partial charge in [-0.15, -0.1) is 0 Å². The zero-order chi connectivity index (χ0) is 15.4. The number of benzene rings is 2. The number of hydrogen-bond donors (Lipinski definition) is 1. The third kappa shape index (κ3) is 4.06. The van der Waals surface area contributed by atoms with Crippen LogP contribution in [0.5, 0.6) is 0 Å². The molecule has 21 heavy (non-hydrogen) atoms. The molecule has 0 bridgehead atoms. The second-order valence-corrected chi connectivity index (χ2v) is 6.35. The molecule has 0 aliphatic rings. The molecule has 1 unspecified atom stereocenters. The Kier molecular flexibility index (Phi) is 6.21. The van der Waals surface area contributed by atoms with Gasteiger partial charge in [-0.1, -0.05) is 65.5 Å². The van der Waals surface area contributed by atoms with Crippen molar-refractivity contribution in [2.45, 2.75) is 19.4 Å². The lowest BCUT2D eigenvalue weighted by Crippen LogP contribution is -2.24. The monoisotopic (exact) mass is 361 g/mol. The van der Waals surface area contributed by atoms with E-state index in [4.69, 9.17) is 46.4 Å². The highest BCUT2D eigenvalue weighted by molar-refractivity contribution is 6.36. The van der Waals surface area contributed by atoms with E-state index >= 15 is 0 Å². The first-order valence-electron chi connectivity index (χ1n) is 6.66. The van der Waals surface area contributed by atoms with Gasteiger partial charge in [0.2, 0.25) is 0 Å². The first-order valence-corrected chi connectivity index (χ1v) is 8.18. The Morgan fingerprint density at radius 1 is 0.952 bits per heavy atom. The van der Waals surface area contributed by atoms with E-state index in [1.807, 2.05) is 30.3 Å². The molecule has 0 radical (unpaired) electrons. The van der Waals surface area contributed by atoms with Crippen molar-refractivity contribution in [1.29, 1.82) is 0 Å². The summed E-state index contributed by atoms with van der Waals surface area (Å²) in [4.78, 5) is 0. The molecule has 0 saturated heterocycles. The van der Waals surface area contributed by atoms with E-state index in [2.05, 4.69) is 12.2 Å². The van der Waals surface area contributed by atoms with Gasteiger partial charge in [0.15, 0.2) is 0 Å². The summed E-state index contributed by atoms with van der Waals surface area (Å²) in [5.41, 5.74) is 1.74. The zero-order valence-corrected chi connectivity index (χ0v) is 14.5. The fourth-order valence-corrected chi connectivity index (χ4v) is 3.31. The van der Waals surface area contributed by atoms with Crippen LogP contribution in [0.3, 0.4) is 0 Å². The largest absolute Gasteiger partial charge is 0.306 e. The number of halogens is 4.